The van der Waals surface area contributed by atoms with Gasteiger partial charge in [0.25, 0.3) is 0 Å². The molecule has 0 aliphatic rings. The Morgan fingerprint density at radius 2 is 2.12 bits per heavy atom. The summed E-state index contributed by atoms with van der Waals surface area (Å²) in [5, 5.41) is 24.3. The summed E-state index contributed by atoms with van der Waals surface area (Å²) in [4.78, 5) is 8.79. The van der Waals surface area contributed by atoms with Crippen LogP contribution in [0.4, 0.5) is 17.5 Å². The fraction of sp³-hybridized carbons (Fsp3) is 0.333. The molecule has 25 heavy (non-hydrogen) atoms. The van der Waals surface area contributed by atoms with Gasteiger partial charge in [0.05, 0.1) is 6.10 Å². The van der Waals surface area contributed by atoms with E-state index in [-0.39, 0.29) is 0 Å². The van der Waals surface area contributed by atoms with E-state index in [1.807, 2.05) is 0 Å². The van der Waals surface area contributed by atoms with E-state index >= 15 is 0 Å². The van der Waals surface area contributed by atoms with Crippen molar-refractivity contribution >= 4 is 40.2 Å². The van der Waals surface area contributed by atoms with E-state index in [1.54, 1.807) is 36.9 Å². The van der Waals surface area contributed by atoms with Crippen LogP contribution in [0.25, 0.3) is 11.2 Å². The largest absolute Gasteiger partial charge is 0.398 e. The highest BCUT2D eigenvalue weighted by atomic mass is 35.5. The molecule has 0 aliphatic carbocycles. The Labute approximate surface area is 149 Å². The fourth-order valence-corrected chi connectivity index (χ4v) is 2.54. The number of hydrogen-bond donors (Lipinski definition) is 4. The Kier molecular flexibility index (Phi) is 4.86. The number of aryl methyl sites for hydroxylation is 1. The lowest BCUT2D eigenvalue weighted by Crippen LogP contribution is -2.17. The number of nitrogens with zero attached hydrogens (tertiary/aromatic N) is 5. The molecule has 0 fully saturated rings. The van der Waals surface area contributed by atoms with Gasteiger partial charge in [-0.3, -0.25) is 0 Å². The van der Waals surface area contributed by atoms with Gasteiger partial charge in [-0.05, 0) is 19.1 Å². The van der Waals surface area contributed by atoms with Crippen molar-refractivity contribution in [2.75, 3.05) is 22.9 Å². The number of aliphatic hydroxyl groups excluding tert-OH is 1. The van der Waals surface area contributed by atoms with Crippen molar-refractivity contribution in [3.05, 3.63) is 28.8 Å². The van der Waals surface area contributed by atoms with Crippen LogP contribution in [0.3, 0.4) is 0 Å². The Balaban J connectivity index is 1.91. The average molecular weight is 363 g/mol. The molecule has 0 saturated heterocycles. The molecule has 1 aromatic carbocycles. The number of aromatic nitrogens is 5. The van der Waals surface area contributed by atoms with Crippen molar-refractivity contribution in [3.63, 3.8) is 0 Å². The lowest BCUT2D eigenvalue weighted by Gasteiger charge is -2.12. The third-order valence-corrected chi connectivity index (χ3v) is 3.95. The van der Waals surface area contributed by atoms with E-state index in [2.05, 4.69) is 30.9 Å². The molecule has 2 aromatic heterocycles. The van der Waals surface area contributed by atoms with E-state index < -0.39 is 6.10 Å². The molecular formula is C15H19ClN8O. The standard InChI is InChI=1S/C15H19ClN8O/c1-8(25)6-19-15-20-13(12-14(21-15)24(2)23-22-12)18-7-9-10(16)4-3-5-11(9)17/h3-5,8,25H,6-7,17H2,1-2H3,(H2,18,19,20,21). The minimum Gasteiger partial charge on any atom is -0.398 e. The molecule has 1 atom stereocenters. The average Bonchev–Trinajstić information content (AvgIpc) is 2.94. The van der Waals surface area contributed by atoms with Crippen LogP contribution in [-0.2, 0) is 13.6 Å². The van der Waals surface area contributed by atoms with Crippen LogP contribution in [0.1, 0.15) is 12.5 Å². The number of nitrogens with one attached hydrogen (secondary N) is 2. The third-order valence-electron chi connectivity index (χ3n) is 3.59. The minimum absolute atomic E-state index is 0.327. The highest BCUT2D eigenvalue weighted by Crippen LogP contribution is 2.25. The third kappa shape index (κ3) is 3.72. The topological polar surface area (TPSA) is 127 Å². The van der Waals surface area contributed by atoms with Crippen molar-refractivity contribution in [2.24, 2.45) is 7.05 Å². The van der Waals surface area contributed by atoms with E-state index in [1.165, 1.54) is 0 Å². The summed E-state index contributed by atoms with van der Waals surface area (Å²) in [5.41, 5.74) is 8.46. The van der Waals surface area contributed by atoms with Crippen molar-refractivity contribution in [1.29, 1.82) is 0 Å². The molecule has 0 spiro atoms. The van der Waals surface area contributed by atoms with Crippen LogP contribution in [0, 0.1) is 0 Å². The maximum absolute atomic E-state index is 9.43. The SMILES string of the molecule is CC(O)CNc1nc(NCc2c(N)cccc2Cl)c2nnn(C)c2n1. The van der Waals surface area contributed by atoms with Gasteiger partial charge in [-0.2, -0.15) is 9.97 Å². The van der Waals surface area contributed by atoms with Gasteiger partial charge in [-0.25, -0.2) is 4.68 Å². The molecule has 9 nitrogen and oxygen atoms in total. The molecule has 0 saturated carbocycles. The predicted octanol–water partition coefficient (Wildman–Crippen LogP) is 1.40. The zero-order chi connectivity index (χ0) is 18.0. The lowest BCUT2D eigenvalue weighted by molar-refractivity contribution is 0.208. The number of fused-ring (bicyclic) bond motifs is 1. The number of aliphatic hydroxyl groups is 1. The normalized spacial score (nSPS) is 12.3. The first kappa shape index (κ1) is 17.2. The number of rotatable bonds is 6. The van der Waals surface area contributed by atoms with Crippen molar-refractivity contribution < 1.29 is 5.11 Å². The van der Waals surface area contributed by atoms with E-state index in [0.717, 1.165) is 5.56 Å². The first-order chi connectivity index (χ1) is 12.0. The number of nitrogens with two attached hydrogens (primary N) is 1. The van der Waals surface area contributed by atoms with Gasteiger partial charge in [0.15, 0.2) is 17.0 Å². The fourth-order valence-electron chi connectivity index (χ4n) is 2.29. The Hall–Kier alpha value is -2.65. The predicted molar refractivity (Wildman–Crippen MR) is 97.5 cm³/mol. The van der Waals surface area contributed by atoms with Gasteiger partial charge in [0.2, 0.25) is 5.95 Å². The second-order valence-corrected chi connectivity index (χ2v) is 6.08. The number of anilines is 3. The second kappa shape index (κ2) is 7.08. The quantitative estimate of drug-likeness (QED) is 0.484. The molecule has 0 radical (unpaired) electrons. The van der Waals surface area contributed by atoms with Crippen LogP contribution in [0.15, 0.2) is 18.2 Å². The lowest BCUT2D eigenvalue weighted by atomic mass is 10.2. The van der Waals surface area contributed by atoms with Crippen molar-refractivity contribution in [1.82, 2.24) is 25.0 Å². The highest BCUT2D eigenvalue weighted by molar-refractivity contribution is 6.31. The van der Waals surface area contributed by atoms with Gasteiger partial charge in [-0.1, -0.05) is 22.9 Å². The molecule has 1 unspecified atom stereocenters. The van der Waals surface area contributed by atoms with Gasteiger partial charge in [0, 0.05) is 36.4 Å². The summed E-state index contributed by atoms with van der Waals surface area (Å²) in [6.45, 7) is 2.38. The molecule has 3 aromatic rings. The van der Waals surface area contributed by atoms with Crippen molar-refractivity contribution in [3.8, 4) is 0 Å². The summed E-state index contributed by atoms with van der Waals surface area (Å²) in [6.07, 6.45) is -0.525. The molecule has 132 valence electrons. The maximum Gasteiger partial charge on any atom is 0.226 e. The summed E-state index contributed by atoms with van der Waals surface area (Å²) in [7, 11) is 1.75. The zero-order valence-corrected chi connectivity index (χ0v) is 14.6. The summed E-state index contributed by atoms with van der Waals surface area (Å²) < 4.78 is 1.56. The molecule has 10 heteroatoms. The van der Waals surface area contributed by atoms with E-state index in [0.29, 0.717) is 46.7 Å². The summed E-state index contributed by atoms with van der Waals surface area (Å²) >= 11 is 6.21. The number of nitrogen functional groups attached to an aromatic ring is 1. The van der Waals surface area contributed by atoms with Crippen LogP contribution in [0.2, 0.25) is 5.02 Å². The molecule has 0 aliphatic heterocycles. The van der Waals surface area contributed by atoms with Gasteiger partial charge in [-0.15, -0.1) is 5.10 Å². The van der Waals surface area contributed by atoms with Gasteiger partial charge >= 0.3 is 0 Å². The molecular weight excluding hydrogens is 344 g/mol. The maximum atomic E-state index is 9.43. The molecule has 2 heterocycles. The summed E-state index contributed by atoms with van der Waals surface area (Å²) in [6, 6.07) is 5.36. The number of halogens is 1. The van der Waals surface area contributed by atoms with E-state index in [4.69, 9.17) is 17.3 Å². The van der Waals surface area contributed by atoms with E-state index in [9.17, 15) is 5.11 Å². The first-order valence-corrected chi connectivity index (χ1v) is 8.09. The first-order valence-electron chi connectivity index (χ1n) is 7.71. The smallest absolute Gasteiger partial charge is 0.226 e. The van der Waals surface area contributed by atoms with Gasteiger partial charge in [0.1, 0.15) is 0 Å². The number of benzene rings is 1. The molecule has 0 bridgehead atoms. The minimum atomic E-state index is -0.525. The monoisotopic (exact) mass is 362 g/mol. The van der Waals surface area contributed by atoms with Crippen LogP contribution in [-0.4, -0.2) is 42.7 Å². The highest BCUT2D eigenvalue weighted by Gasteiger charge is 2.14. The Morgan fingerprint density at radius 3 is 2.84 bits per heavy atom. The summed E-state index contributed by atoms with van der Waals surface area (Å²) in [5.74, 6) is 0.874. The molecule has 0 amide bonds. The zero-order valence-electron chi connectivity index (χ0n) is 13.9. The molecule has 3 rings (SSSR count). The number of hydrogen-bond acceptors (Lipinski definition) is 8. The Bertz CT molecular complexity index is 874. The van der Waals surface area contributed by atoms with Crippen LogP contribution >= 0.6 is 11.6 Å². The van der Waals surface area contributed by atoms with Crippen molar-refractivity contribution in [2.45, 2.75) is 19.6 Å². The van der Waals surface area contributed by atoms with Crippen LogP contribution in [0.5, 0.6) is 0 Å². The Morgan fingerprint density at radius 1 is 1.32 bits per heavy atom. The second-order valence-electron chi connectivity index (χ2n) is 5.67. The molecule has 5 N–H and O–H groups in total. The van der Waals surface area contributed by atoms with Gasteiger partial charge < -0.3 is 21.5 Å². The van der Waals surface area contributed by atoms with Crippen LogP contribution < -0.4 is 16.4 Å².